The van der Waals surface area contributed by atoms with Crippen LogP contribution in [0.25, 0.3) is 0 Å². The average molecular weight is 465 g/mol. The molecule has 2 aromatic carbocycles. The summed E-state index contributed by atoms with van der Waals surface area (Å²) in [6.45, 7) is 13.1. The molecule has 0 unspecified atom stereocenters. The number of carbonyl (C=O) groups is 1. The molecule has 0 atom stereocenters. The van der Waals surface area contributed by atoms with Crippen LogP contribution in [0.3, 0.4) is 0 Å². The van der Waals surface area contributed by atoms with Crippen molar-refractivity contribution in [3.05, 3.63) is 53.1 Å². The van der Waals surface area contributed by atoms with E-state index in [9.17, 15) is 4.79 Å². The molecule has 2 aromatic rings. The van der Waals surface area contributed by atoms with E-state index in [0.29, 0.717) is 5.92 Å². The Morgan fingerprint density at radius 3 is 2.26 bits per heavy atom. The van der Waals surface area contributed by atoms with Crippen LogP contribution in [0.2, 0.25) is 0 Å². The lowest BCUT2D eigenvalue weighted by atomic mass is 9.88. The Morgan fingerprint density at radius 2 is 1.65 bits per heavy atom. The highest BCUT2D eigenvalue weighted by atomic mass is 16.5. The number of piperazine rings is 1. The predicted octanol–water partition coefficient (Wildman–Crippen LogP) is 5.26. The topological polar surface area (TPSA) is 48.1 Å². The van der Waals surface area contributed by atoms with Crippen LogP contribution in [0.1, 0.15) is 48.8 Å². The lowest BCUT2D eigenvalue weighted by Gasteiger charge is -2.36. The van der Waals surface area contributed by atoms with Crippen LogP contribution in [0.15, 0.2) is 36.4 Å². The van der Waals surface area contributed by atoms with E-state index in [2.05, 4.69) is 60.2 Å². The van der Waals surface area contributed by atoms with Crippen molar-refractivity contribution in [2.75, 3.05) is 63.1 Å². The van der Waals surface area contributed by atoms with Gasteiger partial charge in [-0.05, 0) is 106 Å². The van der Waals surface area contributed by atoms with Gasteiger partial charge in [-0.1, -0.05) is 13.0 Å². The number of amides is 2. The zero-order valence-corrected chi connectivity index (χ0v) is 21.3. The van der Waals surface area contributed by atoms with Gasteiger partial charge in [0.05, 0.1) is 7.11 Å². The third kappa shape index (κ3) is 5.84. The number of benzene rings is 2. The van der Waals surface area contributed by atoms with Crippen molar-refractivity contribution in [2.45, 2.75) is 46.0 Å². The Morgan fingerprint density at radius 1 is 0.971 bits per heavy atom. The van der Waals surface area contributed by atoms with E-state index in [-0.39, 0.29) is 6.03 Å². The number of hydrogen-bond acceptors (Lipinski definition) is 4. The lowest BCUT2D eigenvalue weighted by molar-refractivity contribution is 0.208. The number of rotatable bonds is 6. The fourth-order valence-electron chi connectivity index (χ4n) is 5.42. The van der Waals surface area contributed by atoms with Crippen LogP contribution in [0, 0.1) is 13.8 Å². The third-order valence-corrected chi connectivity index (χ3v) is 7.19. The summed E-state index contributed by atoms with van der Waals surface area (Å²) in [5, 5.41) is 3.15. The molecule has 2 aliphatic heterocycles. The van der Waals surface area contributed by atoms with Gasteiger partial charge in [-0.3, -0.25) is 0 Å². The minimum atomic E-state index is -0.0195. The number of methoxy groups -OCH3 is 1. The number of anilines is 2. The first-order valence-electron chi connectivity index (χ1n) is 12.8. The number of urea groups is 1. The molecule has 0 aromatic heterocycles. The molecule has 2 amide bonds. The molecule has 6 nitrogen and oxygen atoms in total. The zero-order valence-electron chi connectivity index (χ0n) is 21.3. The number of nitrogens with one attached hydrogen (secondary N) is 1. The van der Waals surface area contributed by atoms with Crippen molar-refractivity contribution in [3.63, 3.8) is 0 Å². The Hall–Kier alpha value is -2.73. The number of nitrogens with zero attached hydrogens (tertiary/aromatic N) is 3. The van der Waals surface area contributed by atoms with Gasteiger partial charge in [0.15, 0.2) is 0 Å². The van der Waals surface area contributed by atoms with E-state index in [1.807, 2.05) is 17.0 Å². The summed E-state index contributed by atoms with van der Waals surface area (Å²) in [5.74, 6) is 1.40. The van der Waals surface area contributed by atoms with Crippen LogP contribution < -0.4 is 15.0 Å². The lowest BCUT2D eigenvalue weighted by Crippen LogP contribution is -2.50. The Labute approximate surface area is 204 Å². The van der Waals surface area contributed by atoms with Gasteiger partial charge in [-0.25, -0.2) is 4.79 Å². The van der Waals surface area contributed by atoms with E-state index < -0.39 is 0 Å². The largest absolute Gasteiger partial charge is 0.496 e. The van der Waals surface area contributed by atoms with Crippen LogP contribution in [0.4, 0.5) is 16.2 Å². The first-order chi connectivity index (χ1) is 16.5. The number of carbonyl (C=O) groups excluding carboxylic acids is 1. The fourth-order valence-corrected chi connectivity index (χ4v) is 5.42. The molecule has 1 N–H and O–H groups in total. The van der Waals surface area contributed by atoms with Crippen LogP contribution in [-0.4, -0.2) is 68.8 Å². The molecule has 2 fully saturated rings. The third-order valence-electron chi connectivity index (χ3n) is 7.19. The summed E-state index contributed by atoms with van der Waals surface area (Å²) >= 11 is 0. The van der Waals surface area contributed by atoms with Gasteiger partial charge < -0.3 is 24.8 Å². The molecule has 0 spiro atoms. The summed E-state index contributed by atoms with van der Waals surface area (Å²) in [5.41, 5.74) is 5.88. The molecular weight excluding hydrogens is 424 g/mol. The Kier molecular flexibility index (Phi) is 7.99. The number of likely N-dealkylation sites (tertiary alicyclic amines) is 1. The highest BCUT2D eigenvalue weighted by Crippen LogP contribution is 2.36. The van der Waals surface area contributed by atoms with E-state index in [0.717, 1.165) is 63.5 Å². The Balaban J connectivity index is 1.36. The highest BCUT2D eigenvalue weighted by molar-refractivity contribution is 5.89. The molecule has 6 heteroatoms. The standard InChI is InChI=1S/C28H40N4O2/c1-5-10-30-11-8-23(9-12-30)26-20-24(6-7-27(26)34-4)29-28(33)32-15-13-31(14-16-32)25-18-21(2)17-22(3)19-25/h6-7,17-20,23H,5,8-16H2,1-4H3,(H,29,33). The van der Waals surface area contributed by atoms with Crippen LogP contribution in [-0.2, 0) is 0 Å². The number of piperidine rings is 1. The normalized spacial score (nSPS) is 17.6. The summed E-state index contributed by atoms with van der Waals surface area (Å²) in [6.07, 6.45) is 3.47. The van der Waals surface area contributed by atoms with Gasteiger partial charge >= 0.3 is 6.03 Å². The molecule has 0 bridgehead atoms. The second-order valence-corrected chi connectivity index (χ2v) is 9.82. The number of aryl methyl sites for hydroxylation is 2. The van der Waals surface area contributed by atoms with Gasteiger partial charge in [-0.2, -0.15) is 0 Å². The summed E-state index contributed by atoms with van der Waals surface area (Å²) in [6, 6.07) is 12.7. The van der Waals surface area contributed by atoms with Gasteiger partial charge in [0.25, 0.3) is 0 Å². The first kappa shape index (κ1) is 24.4. The van der Waals surface area contributed by atoms with Crippen molar-refractivity contribution in [2.24, 2.45) is 0 Å². The minimum Gasteiger partial charge on any atom is -0.496 e. The van der Waals surface area contributed by atoms with Gasteiger partial charge in [0.2, 0.25) is 0 Å². The molecule has 0 radical (unpaired) electrons. The maximum Gasteiger partial charge on any atom is 0.321 e. The van der Waals surface area contributed by atoms with Crippen LogP contribution in [0.5, 0.6) is 5.75 Å². The Bertz CT molecular complexity index is 956. The molecule has 34 heavy (non-hydrogen) atoms. The minimum absolute atomic E-state index is 0.0195. The van der Waals surface area contributed by atoms with E-state index >= 15 is 0 Å². The summed E-state index contributed by atoms with van der Waals surface area (Å²) in [4.78, 5) is 19.9. The molecule has 4 rings (SSSR count). The predicted molar refractivity (Wildman–Crippen MR) is 140 cm³/mol. The molecule has 2 aliphatic rings. The second kappa shape index (κ2) is 11.1. The van der Waals surface area contributed by atoms with E-state index in [1.165, 1.54) is 35.3 Å². The van der Waals surface area contributed by atoms with E-state index in [4.69, 9.17) is 4.74 Å². The highest BCUT2D eigenvalue weighted by Gasteiger charge is 2.25. The van der Waals surface area contributed by atoms with Gasteiger partial charge in [0, 0.05) is 37.6 Å². The summed E-state index contributed by atoms with van der Waals surface area (Å²) in [7, 11) is 1.73. The average Bonchev–Trinajstić information content (AvgIpc) is 2.84. The molecule has 2 saturated heterocycles. The van der Waals surface area contributed by atoms with Gasteiger partial charge in [0.1, 0.15) is 5.75 Å². The number of hydrogen-bond donors (Lipinski definition) is 1. The van der Waals surface area contributed by atoms with Crippen molar-refractivity contribution in [1.82, 2.24) is 9.80 Å². The molecular formula is C28H40N4O2. The quantitative estimate of drug-likeness (QED) is 0.634. The van der Waals surface area contributed by atoms with Crippen molar-refractivity contribution < 1.29 is 9.53 Å². The van der Waals surface area contributed by atoms with Crippen molar-refractivity contribution >= 4 is 17.4 Å². The fraction of sp³-hybridized carbons (Fsp3) is 0.536. The van der Waals surface area contributed by atoms with Gasteiger partial charge in [-0.15, -0.1) is 0 Å². The summed E-state index contributed by atoms with van der Waals surface area (Å²) < 4.78 is 5.68. The van der Waals surface area contributed by atoms with Crippen molar-refractivity contribution in [1.29, 1.82) is 0 Å². The molecule has 0 aliphatic carbocycles. The van der Waals surface area contributed by atoms with E-state index in [1.54, 1.807) is 7.11 Å². The second-order valence-electron chi connectivity index (χ2n) is 9.82. The monoisotopic (exact) mass is 464 g/mol. The zero-order chi connectivity index (χ0) is 24.1. The SMILES string of the molecule is CCCN1CCC(c2cc(NC(=O)N3CCN(c4cc(C)cc(C)c4)CC3)ccc2OC)CC1. The maximum absolute atomic E-state index is 13.0. The van der Waals surface area contributed by atoms with Crippen molar-refractivity contribution in [3.8, 4) is 5.75 Å². The number of ether oxygens (including phenoxy) is 1. The van der Waals surface area contributed by atoms with Crippen LogP contribution >= 0.6 is 0 Å². The molecule has 2 heterocycles. The maximum atomic E-state index is 13.0. The smallest absolute Gasteiger partial charge is 0.321 e. The molecule has 184 valence electrons. The molecule has 0 saturated carbocycles. The first-order valence-corrected chi connectivity index (χ1v) is 12.8.